The van der Waals surface area contributed by atoms with Crippen LogP contribution in [0.2, 0.25) is 0 Å². The van der Waals surface area contributed by atoms with Crippen LogP contribution in [0.1, 0.15) is 83.3 Å². The molecule has 6 aliphatic heterocycles. The van der Waals surface area contributed by atoms with Crippen molar-refractivity contribution in [1.82, 2.24) is 18.7 Å². The van der Waals surface area contributed by atoms with Crippen LogP contribution in [0.25, 0.3) is 40.5 Å². The second kappa shape index (κ2) is 8.78. The average Bonchev–Trinajstić information content (AvgIpc) is 3.77. The minimum absolute atomic E-state index is 0.227. The fraction of sp³-hybridized carbons (Fsp3) is 0.308. The number of hydrogen-bond donors (Lipinski definition) is 0. The summed E-state index contributed by atoms with van der Waals surface area (Å²) in [7, 11) is 2.85. The van der Waals surface area contributed by atoms with E-state index in [4.69, 9.17) is 14.5 Å². The van der Waals surface area contributed by atoms with Crippen LogP contribution in [-0.2, 0) is 33.0 Å². The maximum atomic E-state index is 13.0. The van der Waals surface area contributed by atoms with Crippen LogP contribution < -0.4 is 25.8 Å². The van der Waals surface area contributed by atoms with Gasteiger partial charge in [-0.3, -0.25) is 4.79 Å². The van der Waals surface area contributed by atoms with E-state index in [2.05, 4.69) is 83.3 Å². The van der Waals surface area contributed by atoms with Gasteiger partial charge >= 0.3 is 17.8 Å². The largest absolute Gasteiger partial charge is 0.553 e. The Balaban J connectivity index is 1.49. The highest BCUT2D eigenvalue weighted by molar-refractivity contribution is 6.21. The molecule has 238 valence electrons. The van der Waals surface area contributed by atoms with Gasteiger partial charge in [-0.1, -0.05) is 23.0 Å². The Morgan fingerprint density at radius 3 is 2.44 bits per heavy atom. The first-order valence-electron chi connectivity index (χ1n) is 16.8. The number of carbonyl (C=O) groups excluding carboxylic acids is 2. The number of ether oxygens (including phenoxy) is 2. The molecule has 1 atom stereocenters. The SMILES string of the molecule is CCC1=C(C)C2=[N+]3C1=c1ccc4nc(C(=O)OC)cc5c4c1=[N+]1C5=Cc4c(CCC(=O)OC)c(C)c5n4[C@]31n1c(c(C)c(CC)c1=C2)=C5. The lowest BCUT2D eigenvalue weighted by molar-refractivity contribution is -0.587. The number of aromatic nitrogens is 3. The zero-order valence-electron chi connectivity index (χ0n) is 28.2. The van der Waals surface area contributed by atoms with Crippen LogP contribution in [-0.4, -0.2) is 50.6 Å². The molecule has 0 amide bonds. The predicted octanol–water partition coefficient (Wildman–Crippen LogP) is 2.29. The van der Waals surface area contributed by atoms with E-state index in [-0.39, 0.29) is 18.1 Å². The summed E-state index contributed by atoms with van der Waals surface area (Å²) in [5.41, 5.74) is 15.2. The maximum absolute atomic E-state index is 13.0. The van der Waals surface area contributed by atoms with Crippen molar-refractivity contribution < 1.29 is 23.6 Å². The number of esters is 2. The third-order valence-corrected chi connectivity index (χ3v) is 11.7. The van der Waals surface area contributed by atoms with Crippen LogP contribution >= 0.6 is 0 Å². The van der Waals surface area contributed by atoms with E-state index in [1.807, 2.05) is 6.07 Å². The first kappa shape index (κ1) is 27.8. The monoisotopic (exact) mass is 637 g/mol. The zero-order chi connectivity index (χ0) is 33.1. The molecule has 0 bridgehead atoms. The molecule has 0 unspecified atom stereocenters. The summed E-state index contributed by atoms with van der Waals surface area (Å²) in [5.74, 6) is -1.55. The van der Waals surface area contributed by atoms with E-state index in [1.165, 1.54) is 69.4 Å². The molecule has 48 heavy (non-hydrogen) atoms. The lowest BCUT2D eigenvalue weighted by Crippen LogP contribution is -2.74. The number of fused-ring (bicyclic) bond motifs is 1. The van der Waals surface area contributed by atoms with Gasteiger partial charge in [0.1, 0.15) is 10.9 Å². The lowest BCUT2D eigenvalue weighted by atomic mass is 9.99. The van der Waals surface area contributed by atoms with Gasteiger partial charge in [-0.05, 0) is 86.6 Å². The molecular formula is C39H35N5O4+2. The van der Waals surface area contributed by atoms with Crippen LogP contribution in [0.4, 0.5) is 0 Å². The van der Waals surface area contributed by atoms with Crippen LogP contribution in [0, 0.1) is 13.8 Å². The Labute approximate surface area is 276 Å². The van der Waals surface area contributed by atoms with Crippen LogP contribution in [0.15, 0.2) is 29.3 Å². The molecule has 0 fully saturated rings. The van der Waals surface area contributed by atoms with Crippen molar-refractivity contribution in [2.75, 3.05) is 14.2 Å². The molecule has 1 aromatic carbocycles. The average molecular weight is 638 g/mol. The van der Waals surface area contributed by atoms with Gasteiger partial charge in [0.25, 0.3) is 0 Å². The number of methoxy groups -OCH3 is 2. The van der Waals surface area contributed by atoms with Crippen molar-refractivity contribution in [3.8, 4) is 0 Å². The molecule has 0 saturated heterocycles. The van der Waals surface area contributed by atoms with E-state index in [0.29, 0.717) is 6.42 Å². The van der Waals surface area contributed by atoms with Crippen LogP contribution in [0.3, 0.4) is 0 Å². The summed E-state index contributed by atoms with van der Waals surface area (Å²) >= 11 is 0. The molecule has 9 heteroatoms. The first-order valence-corrected chi connectivity index (χ1v) is 16.8. The van der Waals surface area contributed by atoms with E-state index in [9.17, 15) is 9.59 Å². The molecule has 0 saturated carbocycles. The molecule has 1 spiro atoms. The summed E-state index contributed by atoms with van der Waals surface area (Å²) in [5, 5.41) is 5.75. The second-order valence-electron chi connectivity index (χ2n) is 13.5. The molecule has 10 rings (SSSR count). The van der Waals surface area contributed by atoms with Gasteiger partial charge in [-0.25, -0.2) is 9.78 Å². The summed E-state index contributed by atoms with van der Waals surface area (Å²) in [6.45, 7) is 11.2. The standard InChI is InChI=1S/C39H35N5O4/c1-8-21-18(3)28-15-29-20(5)23(11-13-34(45)47-6)32-17-33-25-14-27(38(46)48-7)40-26-12-10-24-36-22(9-2)19(4)30-16-31(21)41(28)39(42(29)32,43(30)36)44(33)37(24)35(25)26/h10,12,14-17H,8-9,11,13H2,1-7H3/q+2/t39-/m1/s1. The molecule has 4 aromatic rings. The van der Waals surface area contributed by atoms with E-state index >= 15 is 0 Å². The Morgan fingerprint density at radius 2 is 1.71 bits per heavy atom. The Bertz CT molecular complexity index is 2730. The highest BCUT2D eigenvalue weighted by Crippen LogP contribution is 2.49. The summed E-state index contributed by atoms with van der Waals surface area (Å²) in [6, 6.07) is 6.15. The van der Waals surface area contributed by atoms with Gasteiger partial charge < -0.3 is 9.47 Å². The van der Waals surface area contributed by atoms with Crippen molar-refractivity contribution in [2.45, 2.75) is 66.2 Å². The van der Waals surface area contributed by atoms with Crippen molar-refractivity contribution in [3.05, 3.63) is 95.5 Å². The van der Waals surface area contributed by atoms with Gasteiger partial charge in [-0.2, -0.15) is 9.13 Å². The van der Waals surface area contributed by atoms with Crippen molar-refractivity contribution in [1.29, 1.82) is 0 Å². The number of carbonyl (C=O) groups is 2. The third-order valence-electron chi connectivity index (χ3n) is 11.7. The molecule has 9 nitrogen and oxygen atoms in total. The fourth-order valence-electron chi connectivity index (χ4n) is 9.73. The molecule has 3 aromatic heterocycles. The molecule has 9 heterocycles. The van der Waals surface area contributed by atoms with E-state index in [1.54, 1.807) is 0 Å². The molecule has 0 aliphatic carbocycles. The number of hydrogen-bond acceptors (Lipinski definition) is 5. The third kappa shape index (κ3) is 2.75. The maximum Gasteiger partial charge on any atom is 0.553 e. The lowest BCUT2D eigenvalue weighted by Gasteiger charge is -2.37. The predicted molar refractivity (Wildman–Crippen MR) is 182 cm³/mol. The smallest absolute Gasteiger partial charge is 0.469 e. The number of nitrogens with zero attached hydrogens (tertiary/aromatic N) is 5. The minimum Gasteiger partial charge on any atom is -0.469 e. The normalized spacial score (nSPS) is 19.5. The van der Waals surface area contributed by atoms with Crippen LogP contribution in [0.5, 0.6) is 0 Å². The Kier molecular flexibility index (Phi) is 5.08. The minimum atomic E-state index is -0.857. The number of rotatable bonds is 6. The van der Waals surface area contributed by atoms with E-state index < -0.39 is 11.9 Å². The molecule has 6 aliphatic rings. The first-order chi connectivity index (χ1) is 23.2. The Morgan fingerprint density at radius 1 is 0.896 bits per heavy atom. The zero-order valence-corrected chi connectivity index (χ0v) is 28.2. The van der Waals surface area contributed by atoms with Gasteiger partial charge in [0, 0.05) is 29.7 Å². The van der Waals surface area contributed by atoms with Crippen molar-refractivity contribution in [3.63, 3.8) is 0 Å². The highest BCUT2D eigenvalue weighted by Gasteiger charge is 2.72. The summed E-state index contributed by atoms with van der Waals surface area (Å²) in [4.78, 5) is 30.4. The summed E-state index contributed by atoms with van der Waals surface area (Å²) < 4.78 is 20.5. The Hall–Kier alpha value is -5.31. The summed E-state index contributed by atoms with van der Waals surface area (Å²) in [6.07, 6.45) is 9.67. The highest BCUT2D eigenvalue weighted by atomic mass is 16.5. The fourth-order valence-corrected chi connectivity index (χ4v) is 9.73. The molecule has 0 radical (unpaired) electrons. The second-order valence-corrected chi connectivity index (χ2v) is 13.5. The number of benzene rings is 1. The van der Waals surface area contributed by atoms with Gasteiger partial charge in [0.2, 0.25) is 22.5 Å². The van der Waals surface area contributed by atoms with Gasteiger partial charge in [0.15, 0.2) is 0 Å². The molecule has 0 N–H and O–H groups in total. The molecular weight excluding hydrogens is 602 g/mol. The van der Waals surface area contributed by atoms with Gasteiger partial charge in [0.05, 0.1) is 52.8 Å². The quantitative estimate of drug-likeness (QED) is 0.240. The van der Waals surface area contributed by atoms with Crippen molar-refractivity contribution in [2.24, 2.45) is 0 Å². The topological polar surface area (TPSA) is 81.4 Å². The number of allylic oxidation sites excluding steroid dienone is 1. The number of pyridine rings is 1. The van der Waals surface area contributed by atoms with Crippen molar-refractivity contribution >= 4 is 58.2 Å². The van der Waals surface area contributed by atoms with E-state index in [0.717, 1.165) is 57.3 Å². The van der Waals surface area contributed by atoms with Gasteiger partial charge in [-0.15, -0.1) is 0 Å².